The van der Waals surface area contributed by atoms with E-state index in [0.29, 0.717) is 12.3 Å². The maximum atomic E-state index is 10.9. The number of nitro benzene ring substituents is 1. The molecule has 1 N–H and O–H groups in total. The number of thioether (sulfide) groups is 1. The molecule has 0 atom stereocenters. The van der Waals surface area contributed by atoms with Gasteiger partial charge in [0.15, 0.2) is 0 Å². The summed E-state index contributed by atoms with van der Waals surface area (Å²) in [6.45, 7) is 0.366. The smallest absolute Gasteiger partial charge is 0.292 e. The van der Waals surface area contributed by atoms with Crippen LogP contribution in [0.3, 0.4) is 0 Å². The van der Waals surface area contributed by atoms with Crippen LogP contribution in [0.1, 0.15) is 5.56 Å². The number of rotatable bonds is 6. The highest BCUT2D eigenvalue weighted by Crippen LogP contribution is 2.26. The van der Waals surface area contributed by atoms with E-state index in [2.05, 4.69) is 5.32 Å². The molecule has 0 amide bonds. The molecule has 2 aromatic rings. The molecule has 0 aliphatic carbocycles. The number of nitro groups is 1. The summed E-state index contributed by atoms with van der Waals surface area (Å²) in [6, 6.07) is 12.7. The van der Waals surface area contributed by atoms with Crippen LogP contribution in [0.15, 0.2) is 47.4 Å². The first-order valence-electron chi connectivity index (χ1n) is 6.36. The third-order valence-corrected chi connectivity index (χ3v) is 3.74. The van der Waals surface area contributed by atoms with Crippen LogP contribution < -0.4 is 10.1 Å². The fourth-order valence-corrected chi connectivity index (χ4v) is 2.28. The van der Waals surface area contributed by atoms with Crippen LogP contribution in [0, 0.1) is 10.1 Å². The van der Waals surface area contributed by atoms with Gasteiger partial charge in [0.25, 0.3) is 5.69 Å². The fourth-order valence-electron chi connectivity index (χ4n) is 1.87. The minimum Gasteiger partial charge on any atom is -0.489 e. The molecule has 0 fully saturated rings. The fraction of sp³-hybridized carbons (Fsp3) is 0.200. The van der Waals surface area contributed by atoms with Gasteiger partial charge in [0.1, 0.15) is 18.0 Å². The van der Waals surface area contributed by atoms with Gasteiger partial charge in [-0.05, 0) is 48.2 Å². The molecule has 0 aliphatic rings. The summed E-state index contributed by atoms with van der Waals surface area (Å²) in [4.78, 5) is 11.6. The zero-order chi connectivity index (χ0) is 15.2. The van der Waals surface area contributed by atoms with E-state index in [1.807, 2.05) is 30.5 Å². The molecule has 110 valence electrons. The van der Waals surface area contributed by atoms with Crippen molar-refractivity contribution in [3.63, 3.8) is 0 Å². The van der Waals surface area contributed by atoms with Crippen molar-refractivity contribution in [2.24, 2.45) is 0 Å². The van der Waals surface area contributed by atoms with Crippen molar-refractivity contribution < 1.29 is 9.66 Å². The van der Waals surface area contributed by atoms with Gasteiger partial charge in [-0.1, -0.05) is 0 Å². The first-order chi connectivity index (χ1) is 10.1. The summed E-state index contributed by atoms with van der Waals surface area (Å²) in [5.41, 5.74) is 1.42. The number of hydrogen-bond acceptors (Lipinski definition) is 5. The number of ether oxygens (including phenoxy) is 1. The number of nitrogens with zero attached hydrogens (tertiary/aromatic N) is 1. The van der Waals surface area contributed by atoms with Gasteiger partial charge in [-0.25, -0.2) is 0 Å². The highest BCUT2D eigenvalue weighted by Gasteiger charge is 2.12. The van der Waals surface area contributed by atoms with Gasteiger partial charge < -0.3 is 10.1 Å². The van der Waals surface area contributed by atoms with Gasteiger partial charge in [0.05, 0.1) is 4.92 Å². The molecule has 0 bridgehead atoms. The van der Waals surface area contributed by atoms with Crippen LogP contribution in [-0.2, 0) is 6.61 Å². The average molecular weight is 304 g/mol. The maximum absolute atomic E-state index is 10.9. The summed E-state index contributed by atoms with van der Waals surface area (Å²) < 4.78 is 5.68. The number of nitrogens with one attached hydrogen (secondary N) is 1. The van der Waals surface area contributed by atoms with Crippen LogP contribution in [-0.4, -0.2) is 18.2 Å². The Bertz CT molecular complexity index is 629. The van der Waals surface area contributed by atoms with Crippen molar-refractivity contribution in [1.29, 1.82) is 0 Å². The topological polar surface area (TPSA) is 64.4 Å². The summed E-state index contributed by atoms with van der Waals surface area (Å²) >= 11 is 1.67. The van der Waals surface area contributed by atoms with Gasteiger partial charge in [-0.2, -0.15) is 0 Å². The molecule has 0 saturated carbocycles. The molecule has 6 heteroatoms. The second kappa shape index (κ2) is 6.99. The Labute approximate surface area is 127 Å². The molecular weight excluding hydrogens is 288 g/mol. The van der Waals surface area contributed by atoms with E-state index in [4.69, 9.17) is 4.74 Å². The Balaban J connectivity index is 2.07. The monoisotopic (exact) mass is 304 g/mol. The molecule has 0 spiro atoms. The predicted octanol–water partition coefficient (Wildman–Crippen LogP) is 3.94. The lowest BCUT2D eigenvalue weighted by Crippen LogP contribution is -2.00. The van der Waals surface area contributed by atoms with Crippen LogP contribution in [0.5, 0.6) is 5.75 Å². The second-order valence-electron chi connectivity index (χ2n) is 4.32. The second-order valence-corrected chi connectivity index (χ2v) is 5.20. The summed E-state index contributed by atoms with van der Waals surface area (Å²) in [7, 11) is 1.66. The largest absolute Gasteiger partial charge is 0.489 e. The lowest BCUT2D eigenvalue weighted by Gasteiger charge is -2.09. The SMILES string of the molecule is CNc1cc(COc2ccc(SC)cc2)ccc1[N+](=O)[O-]. The molecule has 2 aromatic carbocycles. The third-order valence-electron chi connectivity index (χ3n) is 2.99. The predicted molar refractivity (Wildman–Crippen MR) is 85.2 cm³/mol. The standard InChI is InChI=1S/C15H16N2O3S/c1-16-14-9-11(3-8-15(14)17(18)19)10-20-12-4-6-13(21-2)7-5-12/h3-9,16H,10H2,1-2H3. The zero-order valence-corrected chi connectivity index (χ0v) is 12.6. The first-order valence-corrected chi connectivity index (χ1v) is 7.58. The third kappa shape index (κ3) is 3.88. The number of benzene rings is 2. The van der Waals surface area contributed by atoms with Crippen molar-refractivity contribution in [1.82, 2.24) is 0 Å². The minimum absolute atomic E-state index is 0.0607. The molecule has 5 nitrogen and oxygen atoms in total. The normalized spacial score (nSPS) is 10.2. The Hall–Kier alpha value is -2.21. The summed E-state index contributed by atoms with van der Waals surface area (Å²) in [5, 5.41) is 13.7. The van der Waals surface area contributed by atoms with Crippen molar-refractivity contribution >= 4 is 23.1 Å². The van der Waals surface area contributed by atoms with E-state index in [-0.39, 0.29) is 5.69 Å². The molecule has 0 aromatic heterocycles. The van der Waals surface area contributed by atoms with E-state index >= 15 is 0 Å². The molecule has 21 heavy (non-hydrogen) atoms. The van der Waals surface area contributed by atoms with E-state index in [0.717, 1.165) is 11.3 Å². The van der Waals surface area contributed by atoms with Crippen molar-refractivity contribution in [3.8, 4) is 5.75 Å². The molecule has 0 saturated heterocycles. The van der Waals surface area contributed by atoms with Crippen LogP contribution in [0.2, 0.25) is 0 Å². The molecule has 0 radical (unpaired) electrons. The van der Waals surface area contributed by atoms with Gasteiger partial charge >= 0.3 is 0 Å². The lowest BCUT2D eigenvalue weighted by atomic mass is 10.2. The Morgan fingerprint density at radius 3 is 2.52 bits per heavy atom. The van der Waals surface area contributed by atoms with E-state index in [1.54, 1.807) is 30.9 Å². The zero-order valence-electron chi connectivity index (χ0n) is 11.8. The lowest BCUT2D eigenvalue weighted by molar-refractivity contribution is -0.384. The molecule has 0 unspecified atom stereocenters. The highest BCUT2D eigenvalue weighted by molar-refractivity contribution is 7.98. The van der Waals surface area contributed by atoms with Crippen LogP contribution in [0.4, 0.5) is 11.4 Å². The van der Waals surface area contributed by atoms with Gasteiger partial charge in [-0.15, -0.1) is 11.8 Å². The number of anilines is 1. The quantitative estimate of drug-likeness (QED) is 0.497. The minimum atomic E-state index is -0.405. The van der Waals surface area contributed by atoms with Gasteiger partial charge in [-0.3, -0.25) is 10.1 Å². The molecule has 2 rings (SSSR count). The Kier molecular flexibility index (Phi) is 5.05. The van der Waals surface area contributed by atoms with Crippen molar-refractivity contribution in [2.45, 2.75) is 11.5 Å². The van der Waals surface area contributed by atoms with E-state index < -0.39 is 4.92 Å². The molecular formula is C15H16N2O3S. The van der Waals surface area contributed by atoms with E-state index in [1.165, 1.54) is 11.0 Å². The van der Waals surface area contributed by atoms with Gasteiger partial charge in [0, 0.05) is 18.0 Å². The Morgan fingerprint density at radius 1 is 1.24 bits per heavy atom. The van der Waals surface area contributed by atoms with Crippen LogP contribution in [0.25, 0.3) is 0 Å². The van der Waals surface area contributed by atoms with Crippen molar-refractivity contribution in [3.05, 3.63) is 58.1 Å². The maximum Gasteiger partial charge on any atom is 0.292 e. The molecule has 0 heterocycles. The van der Waals surface area contributed by atoms with Crippen molar-refractivity contribution in [2.75, 3.05) is 18.6 Å². The number of hydrogen-bond donors (Lipinski definition) is 1. The average Bonchev–Trinajstić information content (AvgIpc) is 2.52. The highest BCUT2D eigenvalue weighted by atomic mass is 32.2. The molecule has 0 aliphatic heterocycles. The first kappa shape index (κ1) is 15.2. The van der Waals surface area contributed by atoms with Crippen LogP contribution >= 0.6 is 11.8 Å². The van der Waals surface area contributed by atoms with Gasteiger partial charge in [0.2, 0.25) is 0 Å². The van der Waals surface area contributed by atoms with E-state index in [9.17, 15) is 10.1 Å². The Morgan fingerprint density at radius 2 is 1.95 bits per heavy atom. The summed E-state index contributed by atoms with van der Waals surface area (Å²) in [5.74, 6) is 0.775. The summed E-state index contributed by atoms with van der Waals surface area (Å²) in [6.07, 6.45) is 2.02.